The Hall–Kier alpha value is -2.66. The molecule has 0 aromatic heterocycles. The molecule has 1 aliphatic rings. The van der Waals surface area contributed by atoms with Gasteiger partial charge in [0.25, 0.3) is 0 Å². The van der Waals surface area contributed by atoms with Crippen molar-refractivity contribution in [2.75, 3.05) is 19.7 Å². The zero-order valence-electron chi connectivity index (χ0n) is 19.8. The van der Waals surface area contributed by atoms with Crippen LogP contribution < -0.4 is 10.6 Å². The molecule has 0 saturated heterocycles. The van der Waals surface area contributed by atoms with Crippen LogP contribution in [0, 0.1) is 11.8 Å². The first-order valence-corrected chi connectivity index (χ1v) is 12.4. The Kier molecular flexibility index (Phi) is 10.4. The highest BCUT2D eigenvalue weighted by molar-refractivity contribution is 5.80. The Balaban J connectivity index is 1.49. The van der Waals surface area contributed by atoms with Gasteiger partial charge in [-0.25, -0.2) is 0 Å². The highest BCUT2D eigenvalue weighted by Gasteiger charge is 2.32. The average molecular weight is 451 g/mol. The van der Waals surface area contributed by atoms with Gasteiger partial charge in [-0.15, -0.1) is 0 Å². The number of aryl methyl sites for hydroxylation is 1. The van der Waals surface area contributed by atoms with Crippen molar-refractivity contribution in [1.82, 2.24) is 10.6 Å². The molecule has 0 bridgehead atoms. The highest BCUT2D eigenvalue weighted by Crippen LogP contribution is 2.25. The molecule has 0 radical (unpaired) electrons. The van der Waals surface area contributed by atoms with Crippen molar-refractivity contribution in [2.24, 2.45) is 11.8 Å². The fourth-order valence-electron chi connectivity index (χ4n) is 4.72. The molecule has 3 rings (SSSR count). The summed E-state index contributed by atoms with van der Waals surface area (Å²) in [6, 6.07) is 21.0. The number of amides is 1. The maximum atomic E-state index is 12.6. The minimum Gasteiger partial charge on any atom is -0.466 e. The van der Waals surface area contributed by atoms with E-state index in [2.05, 4.69) is 59.2 Å². The topological polar surface area (TPSA) is 67.4 Å². The van der Waals surface area contributed by atoms with Gasteiger partial charge in [-0.1, -0.05) is 73.5 Å². The molecule has 1 amide bonds. The maximum Gasteiger partial charge on any atom is 0.311 e. The third kappa shape index (κ3) is 8.65. The molecule has 1 fully saturated rings. The summed E-state index contributed by atoms with van der Waals surface area (Å²) in [5, 5.41) is 6.46. The number of carbonyl (C=O) groups excluding carboxylic acids is 2. The van der Waals surface area contributed by atoms with Gasteiger partial charge in [0.05, 0.1) is 19.1 Å². The Morgan fingerprint density at radius 2 is 1.64 bits per heavy atom. The minimum absolute atomic E-state index is 0.0438. The first-order valence-electron chi connectivity index (χ1n) is 12.4. The fraction of sp³-hybridized carbons (Fsp3) is 0.500. The molecule has 0 spiro atoms. The van der Waals surface area contributed by atoms with E-state index in [0.29, 0.717) is 12.5 Å². The van der Waals surface area contributed by atoms with Crippen LogP contribution >= 0.6 is 0 Å². The third-order valence-corrected chi connectivity index (χ3v) is 6.47. The molecule has 3 atom stereocenters. The molecule has 5 heteroatoms. The van der Waals surface area contributed by atoms with Crippen LogP contribution in [0.3, 0.4) is 0 Å². The van der Waals surface area contributed by atoms with E-state index in [-0.39, 0.29) is 30.4 Å². The molecule has 1 saturated carbocycles. The van der Waals surface area contributed by atoms with Crippen molar-refractivity contribution in [1.29, 1.82) is 0 Å². The average Bonchev–Trinajstić information content (AvgIpc) is 2.84. The summed E-state index contributed by atoms with van der Waals surface area (Å²) < 4.78 is 5.22. The molecular formula is C28H38N2O3. The van der Waals surface area contributed by atoms with E-state index in [4.69, 9.17) is 4.74 Å². The van der Waals surface area contributed by atoms with Crippen molar-refractivity contribution in [3.8, 4) is 0 Å². The van der Waals surface area contributed by atoms with Gasteiger partial charge in [0.2, 0.25) is 5.91 Å². The second-order valence-electron chi connectivity index (χ2n) is 9.03. The monoisotopic (exact) mass is 450 g/mol. The fourth-order valence-corrected chi connectivity index (χ4v) is 4.72. The summed E-state index contributed by atoms with van der Waals surface area (Å²) in [5.41, 5.74) is 2.66. The van der Waals surface area contributed by atoms with Gasteiger partial charge in [-0.2, -0.15) is 0 Å². The molecule has 1 unspecified atom stereocenters. The molecule has 5 nitrogen and oxygen atoms in total. The first kappa shape index (κ1) is 25.0. The van der Waals surface area contributed by atoms with Crippen LogP contribution in [0.25, 0.3) is 0 Å². The molecular weight excluding hydrogens is 412 g/mol. The lowest BCUT2D eigenvalue weighted by Crippen LogP contribution is -2.48. The second kappa shape index (κ2) is 13.8. The lowest BCUT2D eigenvalue weighted by Gasteiger charge is -2.30. The largest absolute Gasteiger partial charge is 0.466 e. The molecule has 178 valence electrons. The lowest BCUT2D eigenvalue weighted by atomic mass is 9.84. The lowest BCUT2D eigenvalue weighted by molar-refractivity contribution is -0.150. The van der Waals surface area contributed by atoms with Crippen molar-refractivity contribution in [3.63, 3.8) is 0 Å². The molecule has 2 aromatic carbocycles. The normalized spacial score (nSPS) is 18.9. The number of hydrogen-bond donors (Lipinski definition) is 2. The smallest absolute Gasteiger partial charge is 0.311 e. The van der Waals surface area contributed by atoms with E-state index < -0.39 is 0 Å². The predicted molar refractivity (Wildman–Crippen MR) is 132 cm³/mol. The Bertz CT molecular complexity index is 841. The maximum absolute atomic E-state index is 12.6. The van der Waals surface area contributed by atoms with Crippen LogP contribution in [-0.4, -0.2) is 37.6 Å². The van der Waals surface area contributed by atoms with E-state index in [0.717, 1.165) is 51.5 Å². The number of carbonyl (C=O) groups is 2. The van der Waals surface area contributed by atoms with Crippen LogP contribution in [0.1, 0.15) is 50.2 Å². The van der Waals surface area contributed by atoms with E-state index in [1.54, 1.807) is 0 Å². The Labute approximate surface area is 198 Å². The molecule has 2 aromatic rings. The number of nitrogens with one attached hydrogen (secondary N) is 2. The molecule has 0 aliphatic heterocycles. The minimum atomic E-state index is -0.223. The third-order valence-electron chi connectivity index (χ3n) is 6.47. The number of ether oxygens (including phenoxy) is 1. The zero-order chi connectivity index (χ0) is 23.3. The van der Waals surface area contributed by atoms with Crippen LogP contribution in [0.5, 0.6) is 0 Å². The van der Waals surface area contributed by atoms with Gasteiger partial charge in [-0.05, 0) is 62.6 Å². The van der Waals surface area contributed by atoms with Gasteiger partial charge >= 0.3 is 5.97 Å². The number of rotatable bonds is 12. The molecule has 33 heavy (non-hydrogen) atoms. The van der Waals surface area contributed by atoms with E-state index >= 15 is 0 Å². The number of hydrogen-bond acceptors (Lipinski definition) is 4. The number of esters is 1. The highest BCUT2D eigenvalue weighted by atomic mass is 16.5. The van der Waals surface area contributed by atoms with Crippen molar-refractivity contribution >= 4 is 11.9 Å². The van der Waals surface area contributed by atoms with Gasteiger partial charge in [0.15, 0.2) is 0 Å². The van der Waals surface area contributed by atoms with Crippen LogP contribution in [-0.2, 0) is 27.2 Å². The van der Waals surface area contributed by atoms with E-state index in [1.807, 2.05) is 19.1 Å². The van der Waals surface area contributed by atoms with Crippen LogP contribution in [0.4, 0.5) is 0 Å². The first-order chi connectivity index (χ1) is 16.2. The predicted octanol–water partition coefficient (Wildman–Crippen LogP) is 4.31. The summed E-state index contributed by atoms with van der Waals surface area (Å²) in [6.07, 6.45) is 6.73. The molecule has 1 aliphatic carbocycles. The van der Waals surface area contributed by atoms with Crippen molar-refractivity contribution in [2.45, 2.75) is 57.9 Å². The summed E-state index contributed by atoms with van der Waals surface area (Å²) in [7, 11) is 0. The zero-order valence-corrected chi connectivity index (χ0v) is 19.8. The summed E-state index contributed by atoms with van der Waals surface area (Å²) in [4.78, 5) is 24.9. The van der Waals surface area contributed by atoms with Crippen LogP contribution in [0.15, 0.2) is 60.7 Å². The van der Waals surface area contributed by atoms with Crippen molar-refractivity contribution in [3.05, 3.63) is 71.8 Å². The summed E-state index contributed by atoms with van der Waals surface area (Å²) >= 11 is 0. The van der Waals surface area contributed by atoms with Crippen LogP contribution in [0.2, 0.25) is 0 Å². The number of benzene rings is 2. The van der Waals surface area contributed by atoms with Gasteiger partial charge < -0.3 is 15.4 Å². The second-order valence-corrected chi connectivity index (χ2v) is 9.03. The van der Waals surface area contributed by atoms with Gasteiger partial charge in [0, 0.05) is 6.04 Å². The van der Waals surface area contributed by atoms with Crippen molar-refractivity contribution < 1.29 is 14.3 Å². The standard InChI is InChI=1S/C28H38N2O3/c1-2-33-28(32)25-15-9-10-16-26(25)30-27(31)21-29-20-24(19-23-13-7-4-8-14-23)18-17-22-11-5-3-6-12-22/h3-8,11-14,24-26,29H,2,9-10,15-21H2,1H3,(H,30,31)/t24?,25-,26-/m1/s1. The molecule has 2 N–H and O–H groups in total. The SMILES string of the molecule is CCOC(=O)[C@@H]1CCCC[C@H]1NC(=O)CNCC(CCc1ccccc1)Cc1ccccc1. The van der Waals surface area contributed by atoms with Gasteiger partial charge in [0.1, 0.15) is 0 Å². The molecule has 0 heterocycles. The quantitative estimate of drug-likeness (QED) is 0.473. The van der Waals surface area contributed by atoms with E-state index in [1.165, 1.54) is 11.1 Å². The Morgan fingerprint density at radius 1 is 0.970 bits per heavy atom. The Morgan fingerprint density at radius 3 is 2.33 bits per heavy atom. The van der Waals surface area contributed by atoms with E-state index in [9.17, 15) is 9.59 Å². The van der Waals surface area contributed by atoms with Gasteiger partial charge in [-0.3, -0.25) is 9.59 Å². The summed E-state index contributed by atoms with van der Waals surface area (Å²) in [6.45, 7) is 3.25. The summed E-state index contributed by atoms with van der Waals surface area (Å²) in [5.74, 6) is -0.0151.